The van der Waals surface area contributed by atoms with Gasteiger partial charge in [-0.15, -0.1) is 0 Å². The monoisotopic (exact) mass is 368 g/mol. The summed E-state index contributed by atoms with van der Waals surface area (Å²) < 4.78 is 0. The summed E-state index contributed by atoms with van der Waals surface area (Å²) in [5.41, 5.74) is 1.05. The number of rotatable bonds is 12. The largest absolute Gasteiger partial charge is 0.545 e. The molecular weight excluding hydrogens is 344 g/mol. The number of hydrogen-bond acceptors (Lipinski definition) is 6. The maximum Gasteiger partial charge on any atom is 0.0724 e. The third kappa shape index (κ3) is 6.40. The quantitative estimate of drug-likeness (QED) is 0.523. The van der Waals surface area contributed by atoms with E-state index >= 15 is 0 Å². The number of aromatic carboxylic acids is 2. The zero-order valence-corrected chi connectivity index (χ0v) is 15.9. The van der Waals surface area contributed by atoms with E-state index in [1.807, 2.05) is 11.8 Å². The Bertz CT molecular complexity index is 558. The predicted molar refractivity (Wildman–Crippen MR) is 97.7 cm³/mol. The lowest BCUT2D eigenvalue weighted by Gasteiger charge is -2.20. The molecule has 0 saturated carbocycles. The highest BCUT2D eigenvalue weighted by Crippen LogP contribution is 2.23. The SMILES string of the molecule is CCSCCCc1ccc(C(=O)[O-])c(C(=O)[O-])c1CCCSCC. The Morgan fingerprint density at radius 2 is 1.50 bits per heavy atom. The van der Waals surface area contributed by atoms with Crippen molar-refractivity contribution in [1.29, 1.82) is 0 Å². The molecule has 0 heterocycles. The van der Waals surface area contributed by atoms with Crippen LogP contribution < -0.4 is 10.2 Å². The van der Waals surface area contributed by atoms with Crippen molar-refractivity contribution < 1.29 is 19.8 Å². The van der Waals surface area contributed by atoms with Crippen molar-refractivity contribution in [1.82, 2.24) is 0 Å². The average Bonchev–Trinajstić information content (AvgIpc) is 2.55. The third-order valence-electron chi connectivity index (χ3n) is 3.69. The van der Waals surface area contributed by atoms with Crippen LogP contribution in [0.15, 0.2) is 12.1 Å². The Balaban J connectivity index is 3.08. The van der Waals surface area contributed by atoms with Crippen molar-refractivity contribution in [3.8, 4) is 0 Å². The highest BCUT2D eigenvalue weighted by molar-refractivity contribution is 7.99. The number of thioether (sulfide) groups is 2. The molecule has 134 valence electrons. The van der Waals surface area contributed by atoms with E-state index in [1.54, 1.807) is 17.8 Å². The van der Waals surface area contributed by atoms with E-state index in [0.29, 0.717) is 12.0 Å². The van der Waals surface area contributed by atoms with Crippen LogP contribution in [0, 0.1) is 0 Å². The first-order valence-corrected chi connectivity index (χ1v) is 10.6. The predicted octanol–water partition coefficient (Wildman–Crippen LogP) is 1.78. The minimum absolute atomic E-state index is 0.197. The van der Waals surface area contributed by atoms with E-state index in [4.69, 9.17) is 0 Å². The first-order chi connectivity index (χ1) is 11.5. The molecule has 0 bridgehead atoms. The normalized spacial score (nSPS) is 10.8. The summed E-state index contributed by atoms with van der Waals surface area (Å²) in [5.74, 6) is 1.08. The number of aryl methyl sites for hydroxylation is 1. The average molecular weight is 369 g/mol. The summed E-state index contributed by atoms with van der Waals surface area (Å²) in [5, 5.41) is 22.8. The summed E-state index contributed by atoms with van der Waals surface area (Å²) in [4.78, 5) is 22.8. The molecule has 0 aliphatic rings. The van der Waals surface area contributed by atoms with Gasteiger partial charge in [0.25, 0.3) is 0 Å². The van der Waals surface area contributed by atoms with Gasteiger partial charge in [-0.25, -0.2) is 0 Å². The molecule has 0 unspecified atom stereocenters. The Labute approximate surface area is 152 Å². The topological polar surface area (TPSA) is 80.3 Å². The molecule has 0 aromatic heterocycles. The smallest absolute Gasteiger partial charge is 0.0724 e. The lowest BCUT2D eigenvalue weighted by atomic mass is 9.91. The highest BCUT2D eigenvalue weighted by atomic mass is 32.2. The molecule has 0 N–H and O–H groups in total. The van der Waals surface area contributed by atoms with E-state index in [0.717, 1.165) is 47.8 Å². The Kier molecular flexibility index (Phi) is 9.95. The second kappa shape index (κ2) is 11.4. The molecule has 0 spiro atoms. The van der Waals surface area contributed by atoms with Gasteiger partial charge in [-0.2, -0.15) is 23.5 Å². The fourth-order valence-corrected chi connectivity index (χ4v) is 3.89. The fourth-order valence-electron chi connectivity index (χ4n) is 2.62. The van der Waals surface area contributed by atoms with Crippen molar-refractivity contribution in [3.63, 3.8) is 0 Å². The molecule has 0 amide bonds. The molecule has 6 heteroatoms. The molecule has 24 heavy (non-hydrogen) atoms. The van der Waals surface area contributed by atoms with E-state index in [2.05, 4.69) is 13.8 Å². The first kappa shape index (κ1) is 20.9. The molecule has 1 aromatic carbocycles. The number of carboxylic acids is 2. The summed E-state index contributed by atoms with van der Waals surface area (Å²) in [7, 11) is 0. The van der Waals surface area contributed by atoms with Crippen LogP contribution in [-0.4, -0.2) is 35.0 Å². The van der Waals surface area contributed by atoms with Crippen molar-refractivity contribution in [2.24, 2.45) is 0 Å². The Hall–Kier alpha value is -1.14. The van der Waals surface area contributed by atoms with Crippen molar-refractivity contribution in [3.05, 3.63) is 34.4 Å². The van der Waals surface area contributed by atoms with Gasteiger partial charge < -0.3 is 19.8 Å². The van der Waals surface area contributed by atoms with Crippen molar-refractivity contribution in [2.45, 2.75) is 39.5 Å². The second-order valence-electron chi connectivity index (χ2n) is 5.30. The number of carbonyl (C=O) groups is 2. The van der Waals surface area contributed by atoms with Gasteiger partial charge in [0.1, 0.15) is 0 Å². The molecule has 1 aromatic rings. The summed E-state index contributed by atoms with van der Waals surface area (Å²) in [6.45, 7) is 4.18. The molecule has 0 atom stereocenters. The van der Waals surface area contributed by atoms with E-state index < -0.39 is 11.9 Å². The zero-order chi connectivity index (χ0) is 17.9. The van der Waals surface area contributed by atoms with Gasteiger partial charge in [0.2, 0.25) is 0 Å². The van der Waals surface area contributed by atoms with E-state index in [1.165, 1.54) is 6.07 Å². The first-order valence-electron chi connectivity index (χ1n) is 8.25. The molecule has 0 aliphatic carbocycles. The number of carbonyl (C=O) groups excluding carboxylic acids is 2. The highest BCUT2D eigenvalue weighted by Gasteiger charge is 2.15. The van der Waals surface area contributed by atoms with Gasteiger partial charge in [0, 0.05) is 11.1 Å². The van der Waals surface area contributed by atoms with Gasteiger partial charge in [-0.3, -0.25) is 0 Å². The molecule has 1 rings (SSSR count). The molecule has 0 saturated heterocycles. The number of carboxylic acid groups (broad SMARTS) is 2. The minimum atomic E-state index is -1.47. The molecular formula is C18H24O4S2-2. The van der Waals surface area contributed by atoms with E-state index in [9.17, 15) is 19.8 Å². The van der Waals surface area contributed by atoms with Gasteiger partial charge in [-0.1, -0.05) is 26.0 Å². The van der Waals surface area contributed by atoms with Gasteiger partial charge in [0.05, 0.1) is 11.9 Å². The van der Waals surface area contributed by atoms with Crippen LogP contribution in [-0.2, 0) is 12.8 Å². The zero-order valence-electron chi connectivity index (χ0n) is 14.3. The lowest BCUT2D eigenvalue weighted by molar-refractivity contribution is -0.259. The van der Waals surface area contributed by atoms with Gasteiger partial charge in [0.15, 0.2) is 0 Å². The van der Waals surface area contributed by atoms with Crippen molar-refractivity contribution in [2.75, 3.05) is 23.0 Å². The maximum absolute atomic E-state index is 11.6. The molecule has 4 nitrogen and oxygen atoms in total. The standard InChI is InChI=1S/C18H26O4S2/c1-3-23-11-5-7-13-9-10-15(17(19)20)16(18(21)22)14(13)8-6-12-24-4-2/h9-10H,3-8,11-12H2,1-2H3,(H,19,20)(H,21,22)/p-2. The van der Waals surface area contributed by atoms with Crippen molar-refractivity contribution >= 4 is 35.5 Å². The summed E-state index contributed by atoms with van der Waals surface area (Å²) in [6, 6.07) is 3.07. The van der Waals surface area contributed by atoms with Crippen LogP contribution >= 0.6 is 23.5 Å². The summed E-state index contributed by atoms with van der Waals surface area (Å²) >= 11 is 3.63. The van der Waals surface area contributed by atoms with Gasteiger partial charge in [-0.05, 0) is 59.8 Å². The van der Waals surface area contributed by atoms with Crippen LogP contribution in [0.4, 0.5) is 0 Å². The minimum Gasteiger partial charge on any atom is -0.545 e. The number of hydrogen-bond donors (Lipinski definition) is 0. The molecule has 0 radical (unpaired) electrons. The van der Waals surface area contributed by atoms with Crippen LogP contribution in [0.2, 0.25) is 0 Å². The van der Waals surface area contributed by atoms with Crippen LogP contribution in [0.1, 0.15) is 58.5 Å². The lowest BCUT2D eigenvalue weighted by Crippen LogP contribution is -2.31. The van der Waals surface area contributed by atoms with Gasteiger partial charge >= 0.3 is 0 Å². The second-order valence-corrected chi connectivity index (χ2v) is 8.09. The van der Waals surface area contributed by atoms with Crippen LogP contribution in [0.25, 0.3) is 0 Å². The molecule has 0 aliphatic heterocycles. The molecule has 0 fully saturated rings. The Morgan fingerprint density at radius 1 is 0.917 bits per heavy atom. The van der Waals surface area contributed by atoms with E-state index in [-0.39, 0.29) is 11.1 Å². The maximum atomic E-state index is 11.6. The van der Waals surface area contributed by atoms with Crippen LogP contribution in [0.5, 0.6) is 0 Å². The van der Waals surface area contributed by atoms with Crippen LogP contribution in [0.3, 0.4) is 0 Å². The fraction of sp³-hybridized carbons (Fsp3) is 0.556. The Morgan fingerprint density at radius 3 is 2.00 bits per heavy atom. The third-order valence-corrected chi connectivity index (χ3v) is 5.66. The summed E-state index contributed by atoms with van der Waals surface area (Å²) in [6.07, 6.45) is 3.04. The number of benzene rings is 1.